The Bertz CT molecular complexity index is 428. The monoisotopic (exact) mass is 292 g/mol. The number of carbonyl (C=O) groups excluding carboxylic acids is 1. The smallest absolute Gasteiger partial charge is 0.231 e. The van der Waals surface area contributed by atoms with Crippen molar-refractivity contribution >= 4 is 17.4 Å². The standard InChI is InChI=1S/C16H28N4O/c1-5-16(6-2,12-17)15(21)19-13-9-10-14(18-11-13)20(7-3)8-4/h9-11H,5-8,12,17H2,1-4H3,(H,19,21). The van der Waals surface area contributed by atoms with Gasteiger partial charge in [-0.3, -0.25) is 4.79 Å². The van der Waals surface area contributed by atoms with Crippen LogP contribution >= 0.6 is 0 Å². The van der Waals surface area contributed by atoms with Crippen LogP contribution in [0.1, 0.15) is 40.5 Å². The molecule has 118 valence electrons. The summed E-state index contributed by atoms with van der Waals surface area (Å²) in [5.74, 6) is 0.904. The summed E-state index contributed by atoms with van der Waals surface area (Å²) in [6.45, 7) is 10.4. The minimum Gasteiger partial charge on any atom is -0.357 e. The summed E-state index contributed by atoms with van der Waals surface area (Å²) in [6.07, 6.45) is 3.17. The second-order valence-electron chi connectivity index (χ2n) is 5.22. The van der Waals surface area contributed by atoms with Crippen molar-refractivity contribution < 1.29 is 4.79 Å². The van der Waals surface area contributed by atoms with Crippen molar-refractivity contribution in [2.24, 2.45) is 11.1 Å². The molecule has 1 heterocycles. The van der Waals surface area contributed by atoms with Gasteiger partial charge in [0.15, 0.2) is 0 Å². The van der Waals surface area contributed by atoms with Crippen LogP contribution in [0, 0.1) is 5.41 Å². The molecule has 5 heteroatoms. The molecule has 0 aliphatic carbocycles. The van der Waals surface area contributed by atoms with E-state index in [2.05, 4.69) is 29.0 Å². The Labute approximate surface area is 127 Å². The minimum absolute atomic E-state index is 0.0209. The number of nitrogens with one attached hydrogen (secondary N) is 1. The van der Waals surface area contributed by atoms with E-state index in [1.54, 1.807) is 6.20 Å². The quantitative estimate of drug-likeness (QED) is 0.772. The Morgan fingerprint density at radius 1 is 1.24 bits per heavy atom. The molecule has 0 aliphatic rings. The SMILES string of the molecule is CCN(CC)c1ccc(NC(=O)C(CC)(CC)CN)cn1. The van der Waals surface area contributed by atoms with Crippen molar-refractivity contribution in [3.8, 4) is 0 Å². The van der Waals surface area contributed by atoms with E-state index in [9.17, 15) is 4.79 Å². The van der Waals surface area contributed by atoms with Crippen LogP contribution in [0.15, 0.2) is 18.3 Å². The van der Waals surface area contributed by atoms with Crippen molar-refractivity contribution in [3.63, 3.8) is 0 Å². The highest BCUT2D eigenvalue weighted by atomic mass is 16.2. The number of nitrogens with two attached hydrogens (primary N) is 1. The second-order valence-corrected chi connectivity index (χ2v) is 5.22. The van der Waals surface area contributed by atoms with Crippen LogP contribution in [0.2, 0.25) is 0 Å². The van der Waals surface area contributed by atoms with E-state index in [0.717, 1.165) is 37.4 Å². The van der Waals surface area contributed by atoms with E-state index in [0.29, 0.717) is 6.54 Å². The van der Waals surface area contributed by atoms with E-state index < -0.39 is 5.41 Å². The van der Waals surface area contributed by atoms with Gasteiger partial charge >= 0.3 is 0 Å². The Balaban J connectivity index is 2.82. The molecule has 1 rings (SSSR count). The maximum absolute atomic E-state index is 12.4. The molecule has 0 unspecified atom stereocenters. The summed E-state index contributed by atoms with van der Waals surface area (Å²) in [5, 5.41) is 2.94. The second kappa shape index (κ2) is 7.98. The van der Waals surface area contributed by atoms with Crippen molar-refractivity contribution in [1.29, 1.82) is 0 Å². The Kier molecular flexibility index (Phi) is 6.62. The molecule has 0 saturated carbocycles. The van der Waals surface area contributed by atoms with Gasteiger partial charge in [0.1, 0.15) is 5.82 Å². The number of hydrogen-bond donors (Lipinski definition) is 2. The predicted molar refractivity (Wildman–Crippen MR) is 88.5 cm³/mol. The number of amides is 1. The molecule has 0 aromatic carbocycles. The first-order valence-electron chi connectivity index (χ1n) is 7.79. The van der Waals surface area contributed by atoms with Gasteiger partial charge in [0.2, 0.25) is 5.91 Å². The summed E-state index contributed by atoms with van der Waals surface area (Å²) >= 11 is 0. The molecular formula is C16H28N4O. The number of anilines is 2. The van der Waals surface area contributed by atoms with E-state index >= 15 is 0 Å². The van der Waals surface area contributed by atoms with Gasteiger partial charge in [0.05, 0.1) is 17.3 Å². The van der Waals surface area contributed by atoms with E-state index in [4.69, 9.17) is 5.73 Å². The highest BCUT2D eigenvalue weighted by molar-refractivity contribution is 5.95. The van der Waals surface area contributed by atoms with Crippen molar-refractivity contribution in [3.05, 3.63) is 18.3 Å². The maximum atomic E-state index is 12.4. The number of hydrogen-bond acceptors (Lipinski definition) is 4. The molecule has 21 heavy (non-hydrogen) atoms. The average molecular weight is 292 g/mol. The van der Waals surface area contributed by atoms with E-state index in [-0.39, 0.29) is 5.91 Å². The van der Waals surface area contributed by atoms with Gasteiger partial charge in [0.25, 0.3) is 0 Å². The number of pyridine rings is 1. The lowest BCUT2D eigenvalue weighted by atomic mass is 9.81. The van der Waals surface area contributed by atoms with Crippen molar-refractivity contribution in [2.45, 2.75) is 40.5 Å². The third kappa shape index (κ3) is 3.94. The molecule has 1 aromatic heterocycles. The molecule has 5 nitrogen and oxygen atoms in total. The lowest BCUT2D eigenvalue weighted by Gasteiger charge is -2.28. The molecular weight excluding hydrogens is 264 g/mol. The van der Waals surface area contributed by atoms with Crippen LogP contribution in [-0.2, 0) is 4.79 Å². The molecule has 0 radical (unpaired) electrons. The maximum Gasteiger partial charge on any atom is 0.231 e. The highest BCUT2D eigenvalue weighted by Crippen LogP contribution is 2.27. The minimum atomic E-state index is -0.489. The van der Waals surface area contributed by atoms with E-state index in [1.807, 2.05) is 26.0 Å². The van der Waals surface area contributed by atoms with Crippen molar-refractivity contribution in [2.75, 3.05) is 29.9 Å². The predicted octanol–water partition coefficient (Wildman–Crippen LogP) is 2.63. The molecule has 0 bridgehead atoms. The van der Waals surface area contributed by atoms with Crippen LogP contribution < -0.4 is 16.0 Å². The van der Waals surface area contributed by atoms with Gasteiger partial charge in [-0.25, -0.2) is 4.98 Å². The third-order valence-electron chi connectivity index (χ3n) is 4.32. The zero-order chi connectivity index (χ0) is 15.9. The molecule has 1 amide bonds. The Morgan fingerprint density at radius 3 is 2.24 bits per heavy atom. The third-order valence-corrected chi connectivity index (χ3v) is 4.32. The van der Waals surface area contributed by atoms with Crippen LogP contribution in [-0.4, -0.2) is 30.5 Å². The van der Waals surface area contributed by atoms with Gasteiger partial charge in [0, 0.05) is 19.6 Å². The van der Waals surface area contributed by atoms with Gasteiger partial charge in [-0.2, -0.15) is 0 Å². The van der Waals surface area contributed by atoms with Crippen LogP contribution in [0.25, 0.3) is 0 Å². The number of rotatable bonds is 8. The summed E-state index contributed by atoms with van der Waals surface area (Å²) in [5.41, 5.74) is 6.03. The number of aromatic nitrogens is 1. The van der Waals surface area contributed by atoms with Gasteiger partial charge in [-0.15, -0.1) is 0 Å². The lowest BCUT2D eigenvalue weighted by Crippen LogP contribution is -2.41. The summed E-state index contributed by atoms with van der Waals surface area (Å²) in [6, 6.07) is 3.83. The zero-order valence-corrected chi connectivity index (χ0v) is 13.6. The number of carbonyl (C=O) groups is 1. The first-order chi connectivity index (χ1) is 10.1. The fraction of sp³-hybridized carbons (Fsp3) is 0.625. The topological polar surface area (TPSA) is 71.2 Å². The normalized spacial score (nSPS) is 11.3. The molecule has 0 atom stereocenters. The van der Waals surface area contributed by atoms with Crippen LogP contribution in [0.3, 0.4) is 0 Å². The van der Waals surface area contributed by atoms with Crippen molar-refractivity contribution in [1.82, 2.24) is 4.98 Å². The fourth-order valence-corrected chi connectivity index (χ4v) is 2.41. The van der Waals surface area contributed by atoms with Crippen LogP contribution in [0.5, 0.6) is 0 Å². The largest absolute Gasteiger partial charge is 0.357 e. The average Bonchev–Trinajstić information content (AvgIpc) is 2.52. The molecule has 3 N–H and O–H groups in total. The highest BCUT2D eigenvalue weighted by Gasteiger charge is 2.33. The number of nitrogens with zero attached hydrogens (tertiary/aromatic N) is 2. The lowest BCUT2D eigenvalue weighted by molar-refractivity contribution is -0.125. The first kappa shape index (κ1) is 17.4. The molecule has 0 saturated heterocycles. The zero-order valence-electron chi connectivity index (χ0n) is 13.6. The Hall–Kier alpha value is -1.62. The van der Waals surface area contributed by atoms with Crippen LogP contribution in [0.4, 0.5) is 11.5 Å². The molecule has 1 aromatic rings. The summed E-state index contributed by atoms with van der Waals surface area (Å²) in [7, 11) is 0. The van der Waals surface area contributed by atoms with Gasteiger partial charge < -0.3 is 16.0 Å². The molecule has 0 spiro atoms. The van der Waals surface area contributed by atoms with Gasteiger partial charge in [-0.05, 0) is 38.8 Å². The van der Waals surface area contributed by atoms with E-state index in [1.165, 1.54) is 0 Å². The summed E-state index contributed by atoms with van der Waals surface area (Å²) < 4.78 is 0. The fourth-order valence-electron chi connectivity index (χ4n) is 2.41. The molecule has 0 fully saturated rings. The summed E-state index contributed by atoms with van der Waals surface area (Å²) in [4.78, 5) is 19.0. The van der Waals surface area contributed by atoms with Gasteiger partial charge in [-0.1, -0.05) is 13.8 Å². The first-order valence-corrected chi connectivity index (χ1v) is 7.79. The molecule has 0 aliphatic heterocycles. The Morgan fingerprint density at radius 2 is 1.86 bits per heavy atom.